The topological polar surface area (TPSA) is 62.3 Å². The lowest BCUT2D eigenvalue weighted by molar-refractivity contribution is 0.244. The zero-order valence-corrected chi connectivity index (χ0v) is 12.6. The number of nitrogen functional groups attached to an aromatic ring is 1. The fourth-order valence-corrected chi connectivity index (χ4v) is 3.27. The number of hydrogen-bond donors (Lipinski definition) is 1. The van der Waals surface area contributed by atoms with Crippen LogP contribution in [0.4, 0.5) is 10.7 Å². The molecule has 0 unspecified atom stereocenters. The predicted molar refractivity (Wildman–Crippen MR) is 79.8 cm³/mol. The van der Waals surface area contributed by atoms with E-state index in [1.165, 1.54) is 24.2 Å². The number of nitrogens with zero attached hydrogens (tertiary/aromatic N) is 2. The third kappa shape index (κ3) is 2.95. The van der Waals surface area contributed by atoms with Gasteiger partial charge in [0.05, 0.1) is 6.10 Å². The SMILES string of the molecule is CC1CCN(c2sc(C#N)c(N)c2OC(C)C)CC1. The second-order valence-electron chi connectivity index (χ2n) is 5.43. The zero-order chi connectivity index (χ0) is 14.0. The Morgan fingerprint density at radius 3 is 2.58 bits per heavy atom. The molecule has 2 rings (SSSR count). The van der Waals surface area contributed by atoms with Crippen molar-refractivity contribution in [3.63, 3.8) is 0 Å². The van der Waals surface area contributed by atoms with Crippen LogP contribution in [-0.2, 0) is 0 Å². The van der Waals surface area contributed by atoms with E-state index in [4.69, 9.17) is 15.7 Å². The first-order chi connectivity index (χ1) is 9.02. The Morgan fingerprint density at radius 1 is 1.42 bits per heavy atom. The summed E-state index contributed by atoms with van der Waals surface area (Å²) in [5, 5.41) is 10.2. The zero-order valence-electron chi connectivity index (χ0n) is 11.8. The highest BCUT2D eigenvalue weighted by molar-refractivity contribution is 7.17. The lowest BCUT2D eigenvalue weighted by Crippen LogP contribution is -2.32. The van der Waals surface area contributed by atoms with E-state index < -0.39 is 0 Å². The van der Waals surface area contributed by atoms with E-state index >= 15 is 0 Å². The summed E-state index contributed by atoms with van der Waals surface area (Å²) in [6.45, 7) is 8.27. The normalized spacial score (nSPS) is 16.7. The van der Waals surface area contributed by atoms with Gasteiger partial charge in [-0.2, -0.15) is 5.26 Å². The Morgan fingerprint density at radius 2 is 2.05 bits per heavy atom. The first kappa shape index (κ1) is 14.0. The molecule has 1 aromatic rings. The molecular formula is C14H21N3OS. The monoisotopic (exact) mass is 279 g/mol. The second-order valence-corrected chi connectivity index (χ2v) is 6.43. The van der Waals surface area contributed by atoms with Gasteiger partial charge < -0.3 is 15.4 Å². The van der Waals surface area contributed by atoms with Gasteiger partial charge in [0.15, 0.2) is 5.75 Å². The van der Waals surface area contributed by atoms with Gasteiger partial charge in [0, 0.05) is 13.1 Å². The number of nitriles is 1. The number of ether oxygens (including phenoxy) is 1. The minimum atomic E-state index is 0.0610. The quantitative estimate of drug-likeness (QED) is 0.922. The number of piperidine rings is 1. The molecule has 0 atom stereocenters. The molecule has 1 fully saturated rings. The molecule has 2 heterocycles. The van der Waals surface area contributed by atoms with Crippen molar-refractivity contribution in [1.82, 2.24) is 0 Å². The second kappa shape index (κ2) is 5.70. The van der Waals surface area contributed by atoms with Crippen molar-refractivity contribution in [2.45, 2.75) is 39.7 Å². The Bertz CT molecular complexity index is 482. The fraction of sp³-hybridized carbons (Fsp3) is 0.643. The summed E-state index contributed by atoms with van der Waals surface area (Å²) >= 11 is 1.45. The summed E-state index contributed by atoms with van der Waals surface area (Å²) in [4.78, 5) is 2.86. The molecule has 5 heteroatoms. The molecule has 2 N–H and O–H groups in total. The van der Waals surface area contributed by atoms with Gasteiger partial charge in [0.2, 0.25) is 0 Å². The average Bonchev–Trinajstić information content (AvgIpc) is 2.67. The van der Waals surface area contributed by atoms with E-state index in [2.05, 4.69) is 17.9 Å². The van der Waals surface area contributed by atoms with Crippen molar-refractivity contribution in [2.75, 3.05) is 23.7 Å². The molecule has 0 bridgehead atoms. The van der Waals surface area contributed by atoms with E-state index in [1.54, 1.807) is 0 Å². The number of hydrogen-bond acceptors (Lipinski definition) is 5. The molecule has 19 heavy (non-hydrogen) atoms. The Kier molecular flexibility index (Phi) is 4.20. The molecule has 4 nitrogen and oxygen atoms in total. The lowest BCUT2D eigenvalue weighted by atomic mass is 9.99. The smallest absolute Gasteiger partial charge is 0.178 e. The van der Waals surface area contributed by atoms with Crippen LogP contribution < -0.4 is 15.4 Å². The highest BCUT2D eigenvalue weighted by Crippen LogP contribution is 2.46. The van der Waals surface area contributed by atoms with E-state index in [0.717, 1.165) is 24.0 Å². The first-order valence-electron chi connectivity index (χ1n) is 6.76. The molecule has 104 valence electrons. The maximum atomic E-state index is 9.14. The van der Waals surface area contributed by atoms with Crippen molar-refractivity contribution in [2.24, 2.45) is 5.92 Å². The Labute approximate surface area is 118 Å². The highest BCUT2D eigenvalue weighted by Gasteiger charge is 2.25. The predicted octanol–water partition coefficient (Wildman–Crippen LogP) is 3.23. The van der Waals surface area contributed by atoms with Crippen LogP contribution in [0.2, 0.25) is 0 Å². The molecule has 0 spiro atoms. The number of thiophene rings is 1. The summed E-state index contributed by atoms with van der Waals surface area (Å²) in [6.07, 6.45) is 2.42. The van der Waals surface area contributed by atoms with Gasteiger partial charge in [-0.15, -0.1) is 11.3 Å². The summed E-state index contributed by atoms with van der Waals surface area (Å²) in [7, 11) is 0. The first-order valence-corrected chi connectivity index (χ1v) is 7.58. The molecule has 0 amide bonds. The maximum absolute atomic E-state index is 9.14. The van der Waals surface area contributed by atoms with Crippen LogP contribution in [0.1, 0.15) is 38.5 Å². The number of anilines is 2. The van der Waals surface area contributed by atoms with E-state index in [0.29, 0.717) is 16.3 Å². The molecule has 1 aliphatic heterocycles. The van der Waals surface area contributed by atoms with Crippen molar-refractivity contribution in [3.05, 3.63) is 4.88 Å². The molecule has 0 saturated carbocycles. The minimum absolute atomic E-state index is 0.0610. The highest BCUT2D eigenvalue weighted by atomic mass is 32.1. The minimum Gasteiger partial charge on any atom is -0.486 e. The van der Waals surface area contributed by atoms with Crippen molar-refractivity contribution >= 4 is 22.0 Å². The summed E-state index contributed by atoms with van der Waals surface area (Å²) in [5.74, 6) is 1.48. The molecular weight excluding hydrogens is 258 g/mol. The van der Waals surface area contributed by atoms with Crippen molar-refractivity contribution in [3.8, 4) is 11.8 Å². The number of nitrogens with two attached hydrogens (primary N) is 1. The molecule has 0 aromatic carbocycles. The van der Waals surface area contributed by atoms with Gasteiger partial charge in [0.25, 0.3) is 0 Å². The molecule has 1 saturated heterocycles. The van der Waals surface area contributed by atoms with Gasteiger partial charge in [0.1, 0.15) is 21.6 Å². The number of rotatable bonds is 3. The fourth-order valence-electron chi connectivity index (χ4n) is 2.27. The molecule has 0 radical (unpaired) electrons. The molecule has 0 aliphatic carbocycles. The molecule has 1 aromatic heterocycles. The third-order valence-electron chi connectivity index (χ3n) is 3.41. The van der Waals surface area contributed by atoms with Gasteiger partial charge >= 0.3 is 0 Å². The summed E-state index contributed by atoms with van der Waals surface area (Å²) < 4.78 is 5.83. The Balaban J connectivity index is 2.30. The van der Waals surface area contributed by atoms with Crippen LogP contribution in [0.25, 0.3) is 0 Å². The van der Waals surface area contributed by atoms with Crippen LogP contribution in [0, 0.1) is 17.2 Å². The van der Waals surface area contributed by atoms with Gasteiger partial charge in [-0.05, 0) is 32.6 Å². The largest absolute Gasteiger partial charge is 0.486 e. The maximum Gasteiger partial charge on any atom is 0.178 e. The standard InChI is InChI=1S/C14H21N3OS/c1-9(2)18-13-12(16)11(8-15)19-14(13)17-6-4-10(3)5-7-17/h9-10H,4-7,16H2,1-3H3. The van der Waals surface area contributed by atoms with Crippen LogP contribution in [0.5, 0.6) is 5.75 Å². The Hall–Kier alpha value is -1.41. The van der Waals surface area contributed by atoms with Gasteiger partial charge in [-0.3, -0.25) is 0 Å². The lowest BCUT2D eigenvalue weighted by Gasteiger charge is -2.31. The van der Waals surface area contributed by atoms with Gasteiger partial charge in [-0.25, -0.2) is 0 Å². The van der Waals surface area contributed by atoms with Gasteiger partial charge in [-0.1, -0.05) is 6.92 Å². The van der Waals surface area contributed by atoms with Crippen molar-refractivity contribution in [1.29, 1.82) is 5.26 Å². The van der Waals surface area contributed by atoms with Crippen LogP contribution in [-0.4, -0.2) is 19.2 Å². The van der Waals surface area contributed by atoms with Crippen LogP contribution >= 0.6 is 11.3 Å². The summed E-state index contributed by atoms with van der Waals surface area (Å²) in [5.41, 5.74) is 6.53. The van der Waals surface area contributed by atoms with Crippen molar-refractivity contribution < 1.29 is 4.74 Å². The van der Waals surface area contributed by atoms with E-state index in [1.807, 2.05) is 13.8 Å². The summed E-state index contributed by atoms with van der Waals surface area (Å²) in [6, 6.07) is 2.16. The van der Waals surface area contributed by atoms with Crippen LogP contribution in [0.15, 0.2) is 0 Å². The van der Waals surface area contributed by atoms with Crippen LogP contribution in [0.3, 0.4) is 0 Å². The molecule has 1 aliphatic rings. The average molecular weight is 279 g/mol. The third-order valence-corrected chi connectivity index (χ3v) is 4.56. The van der Waals surface area contributed by atoms with E-state index in [-0.39, 0.29) is 6.10 Å². The van der Waals surface area contributed by atoms with E-state index in [9.17, 15) is 0 Å².